The molecule has 0 saturated heterocycles. The van der Waals surface area contributed by atoms with Crippen molar-refractivity contribution < 1.29 is 9.53 Å². The fraction of sp³-hybridized carbons (Fsp3) is 0.238. The fourth-order valence-corrected chi connectivity index (χ4v) is 2.94. The molecule has 0 unspecified atom stereocenters. The highest BCUT2D eigenvalue weighted by atomic mass is 35.5. The van der Waals surface area contributed by atoms with Crippen LogP contribution in [0.3, 0.4) is 0 Å². The summed E-state index contributed by atoms with van der Waals surface area (Å²) in [5, 5.41) is 3.44. The first-order valence-corrected chi connectivity index (χ1v) is 9.29. The van der Waals surface area contributed by atoms with E-state index < -0.39 is 0 Å². The van der Waals surface area contributed by atoms with Crippen molar-refractivity contribution in [2.24, 2.45) is 7.05 Å². The van der Waals surface area contributed by atoms with Crippen molar-refractivity contribution in [1.29, 1.82) is 0 Å². The first-order chi connectivity index (χ1) is 13.5. The Labute approximate surface area is 169 Å². The van der Waals surface area contributed by atoms with E-state index in [1.165, 1.54) is 0 Å². The van der Waals surface area contributed by atoms with Crippen molar-refractivity contribution >= 4 is 23.2 Å². The molecule has 0 bridgehead atoms. The molecule has 0 radical (unpaired) electrons. The molecule has 0 aliphatic heterocycles. The molecular weight excluding hydrogens is 376 g/mol. The van der Waals surface area contributed by atoms with Gasteiger partial charge in [0.2, 0.25) is 5.91 Å². The van der Waals surface area contributed by atoms with E-state index >= 15 is 0 Å². The Bertz CT molecular complexity index is 924. The molecule has 7 heteroatoms. The summed E-state index contributed by atoms with van der Waals surface area (Å²) < 4.78 is 7.69. The van der Waals surface area contributed by atoms with Gasteiger partial charge in [0.25, 0.3) is 0 Å². The van der Waals surface area contributed by atoms with Crippen LogP contribution < -0.4 is 10.1 Å². The molecule has 28 heavy (non-hydrogen) atoms. The van der Waals surface area contributed by atoms with Gasteiger partial charge in [-0.1, -0.05) is 29.8 Å². The molecule has 1 N–H and O–H groups in total. The molecule has 0 saturated carbocycles. The van der Waals surface area contributed by atoms with Crippen molar-refractivity contribution in [2.45, 2.75) is 13.2 Å². The molecule has 1 amide bonds. The van der Waals surface area contributed by atoms with Crippen LogP contribution in [0.5, 0.6) is 5.75 Å². The van der Waals surface area contributed by atoms with E-state index in [1.807, 2.05) is 60.1 Å². The van der Waals surface area contributed by atoms with Crippen LogP contribution >= 0.6 is 11.6 Å². The average Bonchev–Trinajstić information content (AvgIpc) is 3.06. The summed E-state index contributed by atoms with van der Waals surface area (Å²) >= 11 is 5.94. The maximum Gasteiger partial charge on any atom is 0.238 e. The third-order valence-corrected chi connectivity index (χ3v) is 4.42. The van der Waals surface area contributed by atoms with Gasteiger partial charge < -0.3 is 14.6 Å². The first-order valence-electron chi connectivity index (χ1n) is 8.91. The minimum Gasteiger partial charge on any atom is -0.486 e. The molecular formula is C21H23ClN4O2. The molecule has 0 spiro atoms. The van der Waals surface area contributed by atoms with Crippen molar-refractivity contribution in [1.82, 2.24) is 14.5 Å². The Morgan fingerprint density at radius 3 is 2.71 bits per heavy atom. The van der Waals surface area contributed by atoms with Gasteiger partial charge in [-0.15, -0.1) is 0 Å². The minimum absolute atomic E-state index is 0.0835. The average molecular weight is 399 g/mol. The van der Waals surface area contributed by atoms with Crippen LogP contribution in [0, 0.1) is 0 Å². The maximum absolute atomic E-state index is 12.2. The SMILES string of the molecule is CN(CC(=O)Nc1cccc(Cl)c1)Cc1ccc(OCc2nccn2C)cc1. The highest BCUT2D eigenvalue weighted by Crippen LogP contribution is 2.16. The second-order valence-electron chi connectivity index (χ2n) is 6.62. The van der Waals surface area contributed by atoms with Gasteiger partial charge in [0.05, 0.1) is 6.54 Å². The van der Waals surface area contributed by atoms with Gasteiger partial charge in [-0.25, -0.2) is 4.98 Å². The monoisotopic (exact) mass is 398 g/mol. The molecule has 0 atom stereocenters. The number of carbonyl (C=O) groups excluding carboxylic acids is 1. The van der Waals surface area contributed by atoms with Crippen LogP contribution in [0.25, 0.3) is 0 Å². The van der Waals surface area contributed by atoms with Crippen LogP contribution in [-0.2, 0) is 25.0 Å². The molecule has 0 fully saturated rings. The van der Waals surface area contributed by atoms with Crippen LogP contribution in [0.15, 0.2) is 60.9 Å². The molecule has 3 rings (SSSR count). The summed E-state index contributed by atoms with van der Waals surface area (Å²) in [6.07, 6.45) is 3.64. The Balaban J connectivity index is 1.46. The number of rotatable bonds is 8. The normalized spacial score (nSPS) is 10.9. The van der Waals surface area contributed by atoms with E-state index in [0.717, 1.165) is 17.1 Å². The fourth-order valence-electron chi connectivity index (χ4n) is 2.75. The van der Waals surface area contributed by atoms with E-state index in [0.29, 0.717) is 23.9 Å². The topological polar surface area (TPSA) is 59.4 Å². The Morgan fingerprint density at radius 1 is 1.25 bits per heavy atom. The number of ether oxygens (including phenoxy) is 1. The van der Waals surface area contributed by atoms with Gasteiger partial charge in [0, 0.05) is 36.7 Å². The zero-order chi connectivity index (χ0) is 19.9. The summed E-state index contributed by atoms with van der Waals surface area (Å²) in [6, 6.07) is 15.0. The Kier molecular flexibility index (Phi) is 6.68. The summed E-state index contributed by atoms with van der Waals surface area (Å²) in [7, 11) is 3.84. The highest BCUT2D eigenvalue weighted by Gasteiger charge is 2.08. The van der Waals surface area contributed by atoms with Crippen molar-refractivity contribution in [3.63, 3.8) is 0 Å². The number of likely N-dealkylation sites (N-methyl/N-ethyl adjacent to an activating group) is 1. The van der Waals surface area contributed by atoms with Gasteiger partial charge >= 0.3 is 0 Å². The number of nitrogens with zero attached hydrogens (tertiary/aromatic N) is 3. The van der Waals surface area contributed by atoms with Crippen LogP contribution in [-0.4, -0.2) is 34.0 Å². The molecule has 0 aliphatic carbocycles. The zero-order valence-corrected chi connectivity index (χ0v) is 16.7. The third-order valence-electron chi connectivity index (χ3n) is 4.19. The second-order valence-corrected chi connectivity index (χ2v) is 7.05. The van der Waals surface area contributed by atoms with Crippen LogP contribution in [0.1, 0.15) is 11.4 Å². The number of amides is 1. The standard InChI is InChI=1S/C21H23ClN4O2/c1-25(14-21(27)24-18-5-3-4-17(22)12-18)13-16-6-8-19(9-7-16)28-15-20-23-10-11-26(20)2/h3-12H,13-15H2,1-2H3,(H,24,27). The summed E-state index contributed by atoms with van der Waals surface area (Å²) in [5.74, 6) is 1.57. The summed E-state index contributed by atoms with van der Waals surface area (Å²) in [6.45, 7) is 1.36. The summed E-state index contributed by atoms with van der Waals surface area (Å²) in [4.78, 5) is 18.4. The lowest BCUT2D eigenvalue weighted by Gasteiger charge is -2.17. The van der Waals surface area contributed by atoms with Crippen molar-refractivity contribution in [3.05, 3.63) is 77.3 Å². The predicted octanol–water partition coefficient (Wildman–Crippen LogP) is 3.72. The number of nitrogens with one attached hydrogen (secondary N) is 1. The Hall–Kier alpha value is -2.83. The smallest absolute Gasteiger partial charge is 0.238 e. The first kappa shape index (κ1) is 19.9. The lowest BCUT2D eigenvalue weighted by Crippen LogP contribution is -2.29. The molecule has 1 aromatic heterocycles. The van der Waals surface area contributed by atoms with E-state index in [1.54, 1.807) is 24.4 Å². The lowest BCUT2D eigenvalue weighted by atomic mass is 10.2. The van der Waals surface area contributed by atoms with Crippen molar-refractivity contribution in [2.75, 3.05) is 18.9 Å². The quantitative estimate of drug-likeness (QED) is 0.628. The predicted molar refractivity (Wildman–Crippen MR) is 110 cm³/mol. The lowest BCUT2D eigenvalue weighted by molar-refractivity contribution is -0.117. The number of hydrogen-bond acceptors (Lipinski definition) is 4. The van der Waals surface area contributed by atoms with E-state index in [2.05, 4.69) is 10.3 Å². The van der Waals surface area contributed by atoms with Crippen molar-refractivity contribution in [3.8, 4) is 5.75 Å². The largest absolute Gasteiger partial charge is 0.486 e. The molecule has 3 aromatic rings. The van der Waals surface area contributed by atoms with Gasteiger partial charge in [-0.05, 0) is 42.9 Å². The third kappa shape index (κ3) is 5.84. The molecule has 0 aliphatic rings. The molecule has 6 nitrogen and oxygen atoms in total. The maximum atomic E-state index is 12.2. The van der Waals surface area contributed by atoms with E-state index in [9.17, 15) is 4.79 Å². The minimum atomic E-state index is -0.0835. The Morgan fingerprint density at radius 2 is 2.04 bits per heavy atom. The number of aryl methyl sites for hydroxylation is 1. The second kappa shape index (κ2) is 9.39. The molecule has 1 heterocycles. The number of benzene rings is 2. The van der Waals surface area contributed by atoms with Crippen LogP contribution in [0.4, 0.5) is 5.69 Å². The van der Waals surface area contributed by atoms with E-state index in [4.69, 9.17) is 16.3 Å². The van der Waals surface area contributed by atoms with E-state index in [-0.39, 0.29) is 12.5 Å². The van der Waals surface area contributed by atoms with Crippen LogP contribution in [0.2, 0.25) is 5.02 Å². The molecule has 2 aromatic carbocycles. The summed E-state index contributed by atoms with van der Waals surface area (Å²) in [5.41, 5.74) is 1.79. The molecule has 146 valence electrons. The number of hydrogen-bond donors (Lipinski definition) is 1. The van der Waals surface area contributed by atoms with Gasteiger partial charge in [-0.3, -0.25) is 9.69 Å². The van der Waals surface area contributed by atoms with Gasteiger partial charge in [0.1, 0.15) is 18.2 Å². The zero-order valence-electron chi connectivity index (χ0n) is 15.9. The number of aromatic nitrogens is 2. The number of imidazole rings is 1. The number of carbonyl (C=O) groups is 1. The van der Waals surface area contributed by atoms with Gasteiger partial charge in [0.15, 0.2) is 0 Å². The van der Waals surface area contributed by atoms with Gasteiger partial charge in [-0.2, -0.15) is 0 Å². The number of anilines is 1. The number of halogens is 1. The highest BCUT2D eigenvalue weighted by molar-refractivity contribution is 6.30.